The molecular weight excluding hydrogens is 220 g/mol. The highest BCUT2D eigenvalue weighted by atomic mass is 16.5. The van der Waals surface area contributed by atoms with Crippen molar-refractivity contribution in [3.8, 4) is 0 Å². The van der Waals surface area contributed by atoms with Crippen LogP contribution < -0.4 is 10.6 Å². The van der Waals surface area contributed by atoms with E-state index in [4.69, 9.17) is 9.15 Å². The second-order valence-electron chi connectivity index (χ2n) is 4.12. The van der Waals surface area contributed by atoms with Gasteiger partial charge in [-0.3, -0.25) is 0 Å². The molecule has 6 heteroatoms. The van der Waals surface area contributed by atoms with Gasteiger partial charge in [0.1, 0.15) is 0 Å². The van der Waals surface area contributed by atoms with E-state index in [1.807, 2.05) is 13.8 Å². The van der Waals surface area contributed by atoms with Crippen molar-refractivity contribution in [1.82, 2.24) is 15.5 Å². The topological polar surface area (TPSA) is 72.2 Å². The fourth-order valence-electron chi connectivity index (χ4n) is 1.42. The van der Waals surface area contributed by atoms with Gasteiger partial charge in [-0.1, -0.05) is 12.0 Å². The van der Waals surface area contributed by atoms with Crippen molar-refractivity contribution in [2.45, 2.75) is 39.3 Å². The lowest BCUT2D eigenvalue weighted by atomic mass is 10.3. The molecule has 0 aliphatic heterocycles. The standard InChI is InChI=1S/C11H22N4O2/c1-5-6-12-9(3)10-14-15-11(17-10)13-8(2)7-16-4/h8-9,12H,5-7H2,1-4H3,(H,13,15). The van der Waals surface area contributed by atoms with E-state index >= 15 is 0 Å². The van der Waals surface area contributed by atoms with Gasteiger partial charge in [0.2, 0.25) is 5.89 Å². The fraction of sp³-hybridized carbons (Fsp3) is 0.818. The smallest absolute Gasteiger partial charge is 0.315 e. The van der Waals surface area contributed by atoms with Crippen LogP contribution in [0.15, 0.2) is 4.42 Å². The summed E-state index contributed by atoms with van der Waals surface area (Å²) in [5, 5.41) is 14.3. The number of anilines is 1. The summed E-state index contributed by atoms with van der Waals surface area (Å²) in [7, 11) is 1.66. The molecule has 2 N–H and O–H groups in total. The minimum atomic E-state index is 0.0794. The van der Waals surface area contributed by atoms with Gasteiger partial charge in [-0.25, -0.2) is 0 Å². The first-order valence-electron chi connectivity index (χ1n) is 5.99. The maximum Gasteiger partial charge on any atom is 0.315 e. The maximum atomic E-state index is 5.51. The molecule has 0 bridgehead atoms. The molecule has 0 aliphatic carbocycles. The summed E-state index contributed by atoms with van der Waals surface area (Å²) in [5.74, 6) is 0.602. The predicted molar refractivity (Wildman–Crippen MR) is 66.0 cm³/mol. The van der Waals surface area contributed by atoms with Gasteiger partial charge >= 0.3 is 6.01 Å². The summed E-state index contributed by atoms with van der Waals surface area (Å²) < 4.78 is 10.5. The highest BCUT2D eigenvalue weighted by Crippen LogP contribution is 2.14. The first-order chi connectivity index (χ1) is 8.17. The molecule has 0 spiro atoms. The van der Waals surface area contributed by atoms with Gasteiger partial charge in [0, 0.05) is 7.11 Å². The fourth-order valence-corrected chi connectivity index (χ4v) is 1.42. The van der Waals surface area contributed by atoms with Crippen LogP contribution in [-0.2, 0) is 4.74 Å². The maximum absolute atomic E-state index is 5.51. The van der Waals surface area contributed by atoms with E-state index in [1.54, 1.807) is 7.11 Å². The highest BCUT2D eigenvalue weighted by Gasteiger charge is 2.14. The van der Waals surface area contributed by atoms with Gasteiger partial charge in [-0.05, 0) is 26.8 Å². The van der Waals surface area contributed by atoms with Crippen LogP contribution in [0.1, 0.15) is 39.1 Å². The Labute approximate surface area is 102 Å². The van der Waals surface area contributed by atoms with Crippen LogP contribution in [0.2, 0.25) is 0 Å². The molecule has 1 aromatic heterocycles. The number of nitrogens with zero attached hydrogens (tertiary/aromatic N) is 2. The van der Waals surface area contributed by atoms with Crippen LogP contribution >= 0.6 is 0 Å². The van der Waals surface area contributed by atoms with Gasteiger partial charge in [0.05, 0.1) is 18.7 Å². The molecule has 17 heavy (non-hydrogen) atoms. The summed E-state index contributed by atoms with van der Waals surface area (Å²) in [6.07, 6.45) is 1.08. The van der Waals surface area contributed by atoms with E-state index in [0.717, 1.165) is 13.0 Å². The molecule has 2 atom stereocenters. The highest BCUT2D eigenvalue weighted by molar-refractivity contribution is 5.19. The molecular formula is C11H22N4O2. The number of methoxy groups -OCH3 is 1. The van der Waals surface area contributed by atoms with Crippen molar-refractivity contribution >= 4 is 6.01 Å². The third-order valence-corrected chi connectivity index (χ3v) is 2.30. The average molecular weight is 242 g/mol. The lowest BCUT2D eigenvalue weighted by Crippen LogP contribution is -2.21. The first kappa shape index (κ1) is 13.9. The van der Waals surface area contributed by atoms with Gasteiger partial charge < -0.3 is 19.8 Å². The van der Waals surface area contributed by atoms with Crippen molar-refractivity contribution < 1.29 is 9.15 Å². The summed E-state index contributed by atoms with van der Waals surface area (Å²) in [6, 6.07) is 0.664. The van der Waals surface area contributed by atoms with Gasteiger partial charge in [-0.2, -0.15) is 0 Å². The van der Waals surface area contributed by atoms with E-state index in [2.05, 4.69) is 27.8 Å². The van der Waals surface area contributed by atoms with Crippen LogP contribution in [0.4, 0.5) is 6.01 Å². The second-order valence-corrected chi connectivity index (χ2v) is 4.12. The number of hydrogen-bond donors (Lipinski definition) is 2. The summed E-state index contributed by atoms with van der Waals surface area (Å²) in [5.41, 5.74) is 0. The van der Waals surface area contributed by atoms with Crippen molar-refractivity contribution in [3.63, 3.8) is 0 Å². The Morgan fingerprint density at radius 2 is 2.12 bits per heavy atom. The largest absolute Gasteiger partial charge is 0.406 e. The van der Waals surface area contributed by atoms with Crippen molar-refractivity contribution in [2.75, 3.05) is 25.6 Å². The third-order valence-electron chi connectivity index (χ3n) is 2.30. The SMILES string of the molecule is CCCNC(C)c1nnc(NC(C)COC)o1. The zero-order valence-electron chi connectivity index (χ0n) is 11.0. The molecule has 2 unspecified atom stereocenters. The minimum absolute atomic E-state index is 0.0794. The Morgan fingerprint density at radius 3 is 2.76 bits per heavy atom. The van der Waals surface area contributed by atoms with Crippen molar-refractivity contribution in [2.24, 2.45) is 0 Å². The molecule has 0 fully saturated rings. The zero-order valence-corrected chi connectivity index (χ0v) is 11.0. The number of nitrogens with one attached hydrogen (secondary N) is 2. The average Bonchev–Trinajstić information content (AvgIpc) is 2.74. The van der Waals surface area contributed by atoms with Crippen LogP contribution in [0, 0.1) is 0 Å². The molecule has 0 aromatic carbocycles. The summed E-state index contributed by atoms with van der Waals surface area (Å²) in [6.45, 7) is 7.65. The predicted octanol–water partition coefficient (Wildman–Crippen LogP) is 1.58. The normalized spacial score (nSPS) is 14.6. The molecule has 6 nitrogen and oxygen atoms in total. The van der Waals surface area contributed by atoms with E-state index in [-0.39, 0.29) is 12.1 Å². The monoisotopic (exact) mass is 242 g/mol. The number of rotatable bonds is 8. The lowest BCUT2D eigenvalue weighted by molar-refractivity contribution is 0.189. The molecule has 98 valence electrons. The molecule has 0 saturated carbocycles. The molecule has 1 heterocycles. The Hall–Kier alpha value is -1.14. The summed E-state index contributed by atoms with van der Waals surface area (Å²) in [4.78, 5) is 0. The number of hydrogen-bond acceptors (Lipinski definition) is 6. The number of aromatic nitrogens is 2. The van der Waals surface area contributed by atoms with E-state index in [0.29, 0.717) is 18.5 Å². The third kappa shape index (κ3) is 4.70. The van der Waals surface area contributed by atoms with Crippen LogP contribution in [0.25, 0.3) is 0 Å². The number of ether oxygens (including phenoxy) is 1. The van der Waals surface area contributed by atoms with Crippen LogP contribution in [0.3, 0.4) is 0 Å². The quantitative estimate of drug-likeness (QED) is 0.721. The van der Waals surface area contributed by atoms with E-state index < -0.39 is 0 Å². The lowest BCUT2D eigenvalue weighted by Gasteiger charge is -2.10. The Bertz CT molecular complexity index is 316. The zero-order chi connectivity index (χ0) is 12.7. The molecule has 0 saturated heterocycles. The van der Waals surface area contributed by atoms with Crippen molar-refractivity contribution in [3.05, 3.63) is 5.89 Å². The molecule has 1 aromatic rings. The molecule has 0 amide bonds. The van der Waals surface area contributed by atoms with Gasteiger partial charge in [0.15, 0.2) is 0 Å². The Balaban J connectivity index is 2.46. The molecule has 0 aliphatic rings. The second kappa shape index (κ2) is 7.24. The Kier molecular flexibility index (Phi) is 5.93. The van der Waals surface area contributed by atoms with Crippen LogP contribution in [0.5, 0.6) is 0 Å². The Morgan fingerprint density at radius 1 is 1.35 bits per heavy atom. The van der Waals surface area contributed by atoms with Crippen LogP contribution in [-0.4, -0.2) is 36.5 Å². The first-order valence-corrected chi connectivity index (χ1v) is 5.99. The molecule has 0 radical (unpaired) electrons. The van der Waals surface area contributed by atoms with Gasteiger partial charge in [0.25, 0.3) is 0 Å². The molecule has 1 rings (SSSR count). The van der Waals surface area contributed by atoms with E-state index in [9.17, 15) is 0 Å². The van der Waals surface area contributed by atoms with Crippen molar-refractivity contribution in [1.29, 1.82) is 0 Å². The van der Waals surface area contributed by atoms with Gasteiger partial charge in [-0.15, -0.1) is 5.10 Å². The van der Waals surface area contributed by atoms with E-state index in [1.165, 1.54) is 0 Å². The minimum Gasteiger partial charge on any atom is -0.406 e. The summed E-state index contributed by atoms with van der Waals surface area (Å²) >= 11 is 0.